The maximum atomic E-state index is 5.98. The van der Waals surface area contributed by atoms with E-state index in [0.717, 1.165) is 12.0 Å². The SMILES string of the molecule is CCCCCc1ccc(C#Cc2nc3ncccc3nc2Oc2cccc(N)c2)cc1. The molecule has 0 aliphatic heterocycles. The topological polar surface area (TPSA) is 73.9 Å². The zero-order valence-electron chi connectivity index (χ0n) is 17.5. The number of hydrogen-bond acceptors (Lipinski definition) is 5. The van der Waals surface area contributed by atoms with Gasteiger partial charge in [0.2, 0.25) is 0 Å². The van der Waals surface area contributed by atoms with Crippen molar-refractivity contribution in [1.29, 1.82) is 0 Å². The van der Waals surface area contributed by atoms with Crippen molar-refractivity contribution in [3.63, 3.8) is 0 Å². The molecular formula is C26H24N4O. The second kappa shape index (κ2) is 9.73. The molecule has 154 valence electrons. The minimum Gasteiger partial charge on any atom is -0.436 e. The van der Waals surface area contributed by atoms with E-state index in [4.69, 9.17) is 10.5 Å². The third kappa shape index (κ3) is 5.37. The van der Waals surface area contributed by atoms with Gasteiger partial charge in [-0.25, -0.2) is 15.0 Å². The molecule has 0 saturated carbocycles. The van der Waals surface area contributed by atoms with Crippen LogP contribution in [0.2, 0.25) is 0 Å². The number of aromatic nitrogens is 3. The average Bonchev–Trinajstić information content (AvgIpc) is 2.79. The van der Waals surface area contributed by atoms with Gasteiger partial charge in [0.15, 0.2) is 11.3 Å². The molecular weight excluding hydrogens is 384 g/mol. The molecule has 0 aliphatic carbocycles. The zero-order chi connectivity index (χ0) is 21.5. The van der Waals surface area contributed by atoms with Crippen LogP contribution in [-0.4, -0.2) is 15.0 Å². The van der Waals surface area contributed by atoms with Gasteiger partial charge in [-0.05, 0) is 60.7 Å². The maximum absolute atomic E-state index is 5.98. The number of aryl methyl sites for hydroxylation is 1. The van der Waals surface area contributed by atoms with Crippen molar-refractivity contribution in [2.24, 2.45) is 0 Å². The maximum Gasteiger partial charge on any atom is 0.255 e. The lowest BCUT2D eigenvalue weighted by Gasteiger charge is -2.08. The number of nitrogens with two attached hydrogens (primary N) is 1. The van der Waals surface area contributed by atoms with Crippen LogP contribution in [0.15, 0.2) is 66.9 Å². The first-order valence-corrected chi connectivity index (χ1v) is 10.5. The second-order valence-electron chi connectivity index (χ2n) is 7.30. The van der Waals surface area contributed by atoms with E-state index >= 15 is 0 Å². The summed E-state index contributed by atoms with van der Waals surface area (Å²) in [5.41, 5.74) is 10.3. The van der Waals surface area contributed by atoms with Crippen molar-refractivity contribution in [3.05, 3.63) is 83.7 Å². The van der Waals surface area contributed by atoms with Crippen molar-refractivity contribution < 1.29 is 4.74 Å². The van der Waals surface area contributed by atoms with Crippen LogP contribution in [0.4, 0.5) is 5.69 Å². The smallest absolute Gasteiger partial charge is 0.255 e. The van der Waals surface area contributed by atoms with Crippen LogP contribution in [-0.2, 0) is 6.42 Å². The van der Waals surface area contributed by atoms with Crippen molar-refractivity contribution in [2.45, 2.75) is 32.6 Å². The van der Waals surface area contributed by atoms with E-state index in [2.05, 4.69) is 45.8 Å². The molecule has 0 aliphatic rings. The average molecular weight is 409 g/mol. The molecule has 4 aromatic rings. The molecule has 0 unspecified atom stereocenters. The Labute approximate surface area is 182 Å². The summed E-state index contributed by atoms with van der Waals surface area (Å²) in [6.45, 7) is 2.22. The quantitative estimate of drug-likeness (QED) is 0.258. The number of benzene rings is 2. The van der Waals surface area contributed by atoms with Gasteiger partial charge in [-0.2, -0.15) is 0 Å². The van der Waals surface area contributed by atoms with Gasteiger partial charge >= 0.3 is 0 Å². The van der Waals surface area contributed by atoms with E-state index in [1.54, 1.807) is 18.3 Å². The van der Waals surface area contributed by atoms with Crippen LogP contribution in [0.1, 0.15) is 43.0 Å². The van der Waals surface area contributed by atoms with Crippen LogP contribution >= 0.6 is 0 Å². The Hall–Kier alpha value is -3.91. The first-order chi connectivity index (χ1) is 15.2. The fourth-order valence-electron chi connectivity index (χ4n) is 3.19. The number of nitrogens with zero attached hydrogens (tertiary/aromatic N) is 3. The van der Waals surface area contributed by atoms with Gasteiger partial charge in [0, 0.05) is 23.5 Å². The van der Waals surface area contributed by atoms with Gasteiger partial charge in [-0.15, -0.1) is 0 Å². The molecule has 31 heavy (non-hydrogen) atoms. The highest BCUT2D eigenvalue weighted by Gasteiger charge is 2.10. The van der Waals surface area contributed by atoms with E-state index in [0.29, 0.717) is 34.2 Å². The Morgan fingerprint density at radius 1 is 0.935 bits per heavy atom. The monoisotopic (exact) mass is 408 g/mol. The molecule has 2 N–H and O–H groups in total. The summed E-state index contributed by atoms with van der Waals surface area (Å²) in [5.74, 6) is 7.19. The zero-order valence-corrected chi connectivity index (χ0v) is 17.5. The Morgan fingerprint density at radius 3 is 2.61 bits per heavy atom. The summed E-state index contributed by atoms with van der Waals surface area (Å²) >= 11 is 0. The third-order valence-electron chi connectivity index (χ3n) is 4.83. The highest BCUT2D eigenvalue weighted by atomic mass is 16.5. The number of fused-ring (bicyclic) bond motifs is 1. The van der Waals surface area contributed by atoms with Gasteiger partial charge in [-0.1, -0.05) is 43.9 Å². The first kappa shape index (κ1) is 20.4. The summed E-state index contributed by atoms with van der Waals surface area (Å²) < 4.78 is 5.98. The summed E-state index contributed by atoms with van der Waals surface area (Å²) in [4.78, 5) is 13.4. The Balaban J connectivity index is 1.63. The summed E-state index contributed by atoms with van der Waals surface area (Å²) in [5, 5.41) is 0. The molecule has 2 aromatic carbocycles. The predicted octanol–water partition coefficient (Wildman–Crippen LogP) is 5.53. The highest BCUT2D eigenvalue weighted by Crippen LogP contribution is 2.25. The number of anilines is 1. The van der Waals surface area contributed by atoms with Crippen LogP contribution in [0, 0.1) is 11.8 Å². The lowest BCUT2D eigenvalue weighted by molar-refractivity contribution is 0.461. The van der Waals surface area contributed by atoms with E-state index in [1.165, 1.54) is 24.8 Å². The molecule has 2 heterocycles. The molecule has 0 amide bonds. The van der Waals surface area contributed by atoms with Gasteiger partial charge in [0.25, 0.3) is 5.88 Å². The van der Waals surface area contributed by atoms with Crippen LogP contribution < -0.4 is 10.5 Å². The van der Waals surface area contributed by atoms with Crippen LogP contribution in [0.3, 0.4) is 0 Å². The number of unbranched alkanes of at least 4 members (excludes halogenated alkanes) is 2. The molecule has 0 atom stereocenters. The number of hydrogen-bond donors (Lipinski definition) is 1. The van der Waals surface area contributed by atoms with Gasteiger partial charge < -0.3 is 10.5 Å². The van der Waals surface area contributed by atoms with Gasteiger partial charge in [0.05, 0.1) is 0 Å². The predicted molar refractivity (Wildman–Crippen MR) is 124 cm³/mol. The second-order valence-corrected chi connectivity index (χ2v) is 7.30. The Kier molecular flexibility index (Phi) is 6.39. The van der Waals surface area contributed by atoms with Crippen molar-refractivity contribution >= 4 is 16.9 Å². The van der Waals surface area contributed by atoms with Gasteiger partial charge in [-0.3, -0.25) is 0 Å². The molecule has 2 aromatic heterocycles. The molecule has 4 rings (SSSR count). The Bertz CT molecular complexity index is 1240. The van der Waals surface area contributed by atoms with E-state index in [1.807, 2.05) is 36.4 Å². The fraction of sp³-hybridized carbons (Fsp3) is 0.192. The van der Waals surface area contributed by atoms with Crippen molar-refractivity contribution in [2.75, 3.05) is 5.73 Å². The van der Waals surface area contributed by atoms with Gasteiger partial charge in [0.1, 0.15) is 11.3 Å². The molecule has 0 fully saturated rings. The van der Waals surface area contributed by atoms with E-state index in [9.17, 15) is 0 Å². The summed E-state index contributed by atoms with van der Waals surface area (Å²) in [7, 11) is 0. The largest absolute Gasteiger partial charge is 0.436 e. The minimum absolute atomic E-state index is 0.329. The number of ether oxygens (including phenoxy) is 1. The normalized spacial score (nSPS) is 10.5. The molecule has 0 spiro atoms. The summed E-state index contributed by atoms with van der Waals surface area (Å²) in [6.07, 6.45) is 6.48. The Morgan fingerprint density at radius 2 is 1.81 bits per heavy atom. The van der Waals surface area contributed by atoms with Crippen molar-refractivity contribution in [1.82, 2.24) is 15.0 Å². The standard InChI is InChI=1S/C26H24N4O/c1-2-3-4-7-19-11-13-20(14-12-19)15-16-24-26(31-22-9-5-8-21(27)18-22)30-23-10-6-17-28-25(23)29-24/h5-6,8-14,17-18H,2-4,7,27H2,1H3. The molecule has 0 bridgehead atoms. The molecule has 5 heteroatoms. The van der Waals surface area contributed by atoms with E-state index in [-0.39, 0.29) is 0 Å². The van der Waals surface area contributed by atoms with Crippen LogP contribution in [0.25, 0.3) is 11.2 Å². The minimum atomic E-state index is 0.329. The highest BCUT2D eigenvalue weighted by molar-refractivity contribution is 5.71. The van der Waals surface area contributed by atoms with Crippen molar-refractivity contribution in [3.8, 4) is 23.5 Å². The van der Waals surface area contributed by atoms with E-state index < -0.39 is 0 Å². The number of nitrogen functional groups attached to an aromatic ring is 1. The number of rotatable bonds is 6. The third-order valence-corrected chi connectivity index (χ3v) is 4.83. The lowest BCUT2D eigenvalue weighted by Crippen LogP contribution is -1.98. The lowest BCUT2D eigenvalue weighted by atomic mass is 10.1. The van der Waals surface area contributed by atoms with Crippen LogP contribution in [0.5, 0.6) is 11.6 Å². The molecule has 0 radical (unpaired) electrons. The number of pyridine rings is 1. The first-order valence-electron chi connectivity index (χ1n) is 10.5. The molecule has 5 nitrogen and oxygen atoms in total. The molecule has 0 saturated heterocycles. The fourth-order valence-corrected chi connectivity index (χ4v) is 3.19. The summed E-state index contributed by atoms with van der Waals surface area (Å²) in [6, 6.07) is 19.2.